The minimum atomic E-state index is -3.56. The van der Waals surface area contributed by atoms with Crippen molar-refractivity contribution in [2.75, 3.05) is 14.1 Å². The molecule has 0 aliphatic heterocycles. The number of hydrogen-bond acceptors (Lipinski definition) is 3. The van der Waals surface area contributed by atoms with Crippen molar-refractivity contribution in [1.82, 2.24) is 9.29 Å². The van der Waals surface area contributed by atoms with Crippen molar-refractivity contribution in [3.63, 3.8) is 0 Å². The molecule has 2 aromatic rings. The third-order valence-electron chi connectivity index (χ3n) is 2.71. The fraction of sp³-hybridized carbons (Fsp3) is 0.154. The molecule has 6 heteroatoms. The van der Waals surface area contributed by atoms with E-state index in [9.17, 15) is 13.2 Å². The van der Waals surface area contributed by atoms with Gasteiger partial charge in [0.05, 0.1) is 10.6 Å². The lowest BCUT2D eigenvalue weighted by atomic mass is 10.1. The Morgan fingerprint density at radius 3 is 2.42 bits per heavy atom. The van der Waals surface area contributed by atoms with E-state index < -0.39 is 10.0 Å². The van der Waals surface area contributed by atoms with Gasteiger partial charge < -0.3 is 4.98 Å². The largest absolute Gasteiger partial charge is 0.361 e. The first kappa shape index (κ1) is 13.5. The van der Waals surface area contributed by atoms with E-state index in [-0.39, 0.29) is 10.3 Å². The first-order chi connectivity index (χ1) is 8.93. The predicted molar refractivity (Wildman–Crippen MR) is 73.4 cm³/mol. The molecule has 0 radical (unpaired) electrons. The molecule has 19 heavy (non-hydrogen) atoms. The van der Waals surface area contributed by atoms with Gasteiger partial charge in [-0.15, -0.1) is 0 Å². The topological polar surface area (TPSA) is 70.2 Å². The van der Waals surface area contributed by atoms with Crippen LogP contribution in [0.1, 0.15) is 0 Å². The number of aromatic amines is 1. The molecule has 1 N–H and O–H groups in total. The van der Waals surface area contributed by atoms with E-state index in [0.717, 1.165) is 4.31 Å². The summed E-state index contributed by atoms with van der Waals surface area (Å²) in [6.07, 6.45) is 1.50. The van der Waals surface area contributed by atoms with Crippen molar-refractivity contribution >= 4 is 10.0 Å². The molecular formula is C13H14N2O3S. The highest BCUT2D eigenvalue weighted by Gasteiger charge is 2.21. The Balaban J connectivity index is 2.71. The molecular weight excluding hydrogens is 264 g/mol. The van der Waals surface area contributed by atoms with Crippen LogP contribution in [0.25, 0.3) is 11.3 Å². The van der Waals surface area contributed by atoms with Gasteiger partial charge in [-0.05, 0) is 6.07 Å². The van der Waals surface area contributed by atoms with Gasteiger partial charge in [-0.3, -0.25) is 4.79 Å². The Hall–Kier alpha value is -1.92. The van der Waals surface area contributed by atoms with Crippen LogP contribution in [0.5, 0.6) is 0 Å². The van der Waals surface area contributed by atoms with Gasteiger partial charge in [-0.1, -0.05) is 18.2 Å². The zero-order chi connectivity index (χ0) is 14.0. The molecule has 1 aromatic carbocycles. The van der Waals surface area contributed by atoms with E-state index in [4.69, 9.17) is 0 Å². The SMILES string of the molecule is CN(C)S(=O)(=O)c1ccccc1-c1cc(=O)cc[nH]1. The molecule has 0 amide bonds. The fourth-order valence-corrected chi connectivity index (χ4v) is 2.81. The molecule has 0 saturated carbocycles. The Labute approximate surface area is 111 Å². The monoisotopic (exact) mass is 278 g/mol. The predicted octanol–water partition coefficient (Wildman–Crippen LogP) is 1.29. The van der Waals surface area contributed by atoms with Crippen LogP contribution in [0.3, 0.4) is 0 Å². The van der Waals surface area contributed by atoms with Gasteiger partial charge in [-0.25, -0.2) is 12.7 Å². The second-order valence-corrected chi connectivity index (χ2v) is 6.34. The van der Waals surface area contributed by atoms with Crippen molar-refractivity contribution in [2.24, 2.45) is 0 Å². The smallest absolute Gasteiger partial charge is 0.243 e. The van der Waals surface area contributed by atoms with Crippen LogP contribution in [0.2, 0.25) is 0 Å². The number of pyridine rings is 1. The van der Waals surface area contributed by atoms with Crippen molar-refractivity contribution in [2.45, 2.75) is 4.90 Å². The molecule has 0 saturated heterocycles. The minimum Gasteiger partial charge on any atom is -0.361 e. The molecule has 100 valence electrons. The van der Waals surface area contributed by atoms with Gasteiger partial charge in [0.15, 0.2) is 5.43 Å². The molecule has 0 bridgehead atoms. The van der Waals surface area contributed by atoms with E-state index in [1.165, 1.54) is 38.5 Å². The average Bonchev–Trinajstić information content (AvgIpc) is 2.38. The van der Waals surface area contributed by atoms with Crippen LogP contribution in [0.4, 0.5) is 0 Å². The van der Waals surface area contributed by atoms with Crippen LogP contribution in [-0.4, -0.2) is 31.8 Å². The first-order valence-corrected chi connectivity index (χ1v) is 7.07. The molecule has 0 aliphatic rings. The number of aromatic nitrogens is 1. The van der Waals surface area contributed by atoms with Crippen LogP contribution in [-0.2, 0) is 10.0 Å². The molecule has 2 rings (SSSR count). The standard InChI is InChI=1S/C13H14N2O3S/c1-15(2)19(17,18)13-6-4-3-5-11(13)12-9-10(16)7-8-14-12/h3-9H,1-2H3,(H,14,16). The lowest BCUT2D eigenvalue weighted by Crippen LogP contribution is -2.23. The van der Waals surface area contributed by atoms with Gasteiger partial charge in [0, 0.05) is 38.0 Å². The third kappa shape index (κ3) is 2.59. The Kier molecular flexibility index (Phi) is 3.55. The fourth-order valence-electron chi connectivity index (χ4n) is 1.71. The van der Waals surface area contributed by atoms with E-state index in [0.29, 0.717) is 11.3 Å². The Morgan fingerprint density at radius 2 is 1.79 bits per heavy atom. The maximum absolute atomic E-state index is 12.2. The summed E-state index contributed by atoms with van der Waals surface area (Å²) in [6.45, 7) is 0. The summed E-state index contributed by atoms with van der Waals surface area (Å²) in [7, 11) is -0.613. The van der Waals surface area contributed by atoms with Crippen LogP contribution in [0.15, 0.2) is 52.3 Å². The second kappa shape index (κ2) is 4.99. The van der Waals surface area contributed by atoms with Crippen LogP contribution >= 0.6 is 0 Å². The first-order valence-electron chi connectivity index (χ1n) is 5.63. The number of rotatable bonds is 3. The zero-order valence-corrected chi connectivity index (χ0v) is 11.4. The van der Waals surface area contributed by atoms with Gasteiger partial charge in [0.25, 0.3) is 0 Å². The third-order valence-corrected chi connectivity index (χ3v) is 4.58. The highest BCUT2D eigenvalue weighted by Crippen LogP contribution is 2.26. The maximum atomic E-state index is 12.2. The molecule has 1 heterocycles. The number of nitrogens with one attached hydrogen (secondary N) is 1. The van der Waals surface area contributed by atoms with E-state index in [1.807, 2.05) is 0 Å². The highest BCUT2D eigenvalue weighted by molar-refractivity contribution is 7.89. The number of benzene rings is 1. The summed E-state index contributed by atoms with van der Waals surface area (Å²) in [4.78, 5) is 14.4. The summed E-state index contributed by atoms with van der Waals surface area (Å²) in [5.41, 5.74) is 0.785. The molecule has 0 aliphatic carbocycles. The molecule has 0 spiro atoms. The van der Waals surface area contributed by atoms with Crippen molar-refractivity contribution in [3.05, 3.63) is 52.8 Å². The van der Waals surface area contributed by atoms with Crippen molar-refractivity contribution in [3.8, 4) is 11.3 Å². The minimum absolute atomic E-state index is 0.168. The maximum Gasteiger partial charge on any atom is 0.243 e. The van der Waals surface area contributed by atoms with Crippen molar-refractivity contribution < 1.29 is 8.42 Å². The highest BCUT2D eigenvalue weighted by atomic mass is 32.2. The molecule has 0 fully saturated rings. The number of nitrogens with zero attached hydrogens (tertiary/aromatic N) is 1. The molecule has 0 unspecified atom stereocenters. The number of sulfonamides is 1. The Morgan fingerprint density at radius 1 is 1.11 bits per heavy atom. The van der Waals surface area contributed by atoms with Crippen molar-refractivity contribution in [1.29, 1.82) is 0 Å². The quantitative estimate of drug-likeness (QED) is 0.919. The lowest BCUT2D eigenvalue weighted by molar-refractivity contribution is 0.521. The van der Waals surface area contributed by atoms with E-state index in [2.05, 4.69) is 4.98 Å². The van der Waals surface area contributed by atoms with E-state index >= 15 is 0 Å². The van der Waals surface area contributed by atoms with Crippen LogP contribution < -0.4 is 5.43 Å². The normalized spacial score (nSPS) is 11.7. The summed E-state index contributed by atoms with van der Waals surface area (Å²) < 4.78 is 25.6. The Bertz CT molecular complexity index is 748. The molecule has 0 atom stereocenters. The number of hydrogen-bond donors (Lipinski definition) is 1. The summed E-state index contributed by atoms with van der Waals surface area (Å²) in [6, 6.07) is 9.34. The summed E-state index contributed by atoms with van der Waals surface area (Å²) in [5.74, 6) is 0. The van der Waals surface area contributed by atoms with Gasteiger partial charge in [0.1, 0.15) is 0 Å². The zero-order valence-electron chi connectivity index (χ0n) is 10.6. The van der Waals surface area contributed by atoms with E-state index in [1.54, 1.807) is 18.2 Å². The number of H-pyrrole nitrogens is 1. The second-order valence-electron chi connectivity index (χ2n) is 4.22. The van der Waals surface area contributed by atoms with Gasteiger partial charge in [0.2, 0.25) is 10.0 Å². The summed E-state index contributed by atoms with van der Waals surface area (Å²) in [5, 5.41) is 0. The van der Waals surface area contributed by atoms with Gasteiger partial charge in [-0.2, -0.15) is 0 Å². The summed E-state index contributed by atoms with van der Waals surface area (Å²) >= 11 is 0. The molecule has 5 nitrogen and oxygen atoms in total. The lowest BCUT2D eigenvalue weighted by Gasteiger charge is -2.14. The average molecular weight is 278 g/mol. The molecule has 1 aromatic heterocycles. The van der Waals surface area contributed by atoms with Crippen LogP contribution in [0, 0.1) is 0 Å². The van der Waals surface area contributed by atoms with Gasteiger partial charge >= 0.3 is 0 Å².